The smallest absolute Gasteiger partial charge is 0.222 e. The Bertz CT molecular complexity index is 667. The van der Waals surface area contributed by atoms with Gasteiger partial charge in [-0.2, -0.15) is 4.98 Å². The number of anilines is 2. The molecule has 2 rings (SSSR count). The quantitative estimate of drug-likeness (QED) is 0.633. The van der Waals surface area contributed by atoms with Crippen LogP contribution >= 0.6 is 23.2 Å². The van der Waals surface area contributed by atoms with Gasteiger partial charge in [0.15, 0.2) is 11.6 Å². The summed E-state index contributed by atoms with van der Waals surface area (Å²) < 4.78 is 5.80. The summed E-state index contributed by atoms with van der Waals surface area (Å²) in [6.45, 7) is 3.49. The van der Waals surface area contributed by atoms with Crippen LogP contribution < -0.4 is 15.8 Å². The average Bonchev–Trinajstić information content (AvgIpc) is 2.55. The Hall–Kier alpha value is -1.72. The molecule has 1 aromatic carbocycles. The minimum Gasteiger partial charge on any atom is -0.488 e. The Balaban J connectivity index is 1.87. The third kappa shape index (κ3) is 5.73. The number of ether oxygens (including phenoxy) is 1. The monoisotopic (exact) mass is 368 g/mol. The van der Waals surface area contributed by atoms with Crippen molar-refractivity contribution in [1.29, 1.82) is 0 Å². The van der Waals surface area contributed by atoms with Gasteiger partial charge in [0, 0.05) is 16.6 Å². The van der Waals surface area contributed by atoms with E-state index in [0.717, 1.165) is 37.8 Å². The van der Waals surface area contributed by atoms with E-state index in [1.54, 1.807) is 12.3 Å². The molecule has 0 fully saturated rings. The van der Waals surface area contributed by atoms with E-state index in [9.17, 15) is 0 Å². The zero-order chi connectivity index (χ0) is 17.4. The number of nitrogen functional groups attached to an aromatic ring is 1. The number of benzene rings is 1. The lowest BCUT2D eigenvalue weighted by Gasteiger charge is -2.12. The molecular formula is C17H22Cl2N4O. The molecule has 1 heterocycles. The van der Waals surface area contributed by atoms with E-state index in [2.05, 4.69) is 22.2 Å². The molecule has 0 spiro atoms. The number of rotatable bonds is 9. The Morgan fingerprint density at radius 2 is 2.08 bits per heavy atom. The van der Waals surface area contributed by atoms with Gasteiger partial charge in [0.25, 0.3) is 0 Å². The molecule has 0 atom stereocenters. The maximum absolute atomic E-state index is 6.17. The Kier molecular flexibility index (Phi) is 7.40. The van der Waals surface area contributed by atoms with Crippen molar-refractivity contribution in [1.82, 2.24) is 9.97 Å². The summed E-state index contributed by atoms with van der Waals surface area (Å²) >= 11 is 12.1. The van der Waals surface area contributed by atoms with Gasteiger partial charge in [-0.15, -0.1) is 0 Å². The predicted molar refractivity (Wildman–Crippen MR) is 100 cm³/mol. The largest absolute Gasteiger partial charge is 0.488 e. The first-order valence-electron chi connectivity index (χ1n) is 8.03. The van der Waals surface area contributed by atoms with E-state index in [0.29, 0.717) is 28.2 Å². The Labute approximate surface area is 152 Å². The standard InChI is InChI=1S/C17H22Cl2N4O/c1-2-3-8-21-16-15(11-22-17(20)23-16)24-9-4-5-12-6-7-13(18)10-14(12)19/h6-7,10-11H,2-5,8-9H2,1H3,(H3,20,21,22,23). The fourth-order valence-electron chi connectivity index (χ4n) is 2.17. The van der Waals surface area contributed by atoms with E-state index in [1.807, 2.05) is 12.1 Å². The highest BCUT2D eigenvalue weighted by Crippen LogP contribution is 2.24. The maximum atomic E-state index is 6.17. The van der Waals surface area contributed by atoms with Crippen LogP contribution in [0, 0.1) is 0 Å². The van der Waals surface area contributed by atoms with Gasteiger partial charge >= 0.3 is 0 Å². The van der Waals surface area contributed by atoms with Crippen LogP contribution in [0.3, 0.4) is 0 Å². The molecule has 0 aliphatic heterocycles. The lowest BCUT2D eigenvalue weighted by molar-refractivity contribution is 0.310. The highest BCUT2D eigenvalue weighted by Gasteiger charge is 2.07. The number of hydrogen-bond acceptors (Lipinski definition) is 5. The molecule has 0 aliphatic carbocycles. The van der Waals surface area contributed by atoms with Crippen LogP contribution in [0.1, 0.15) is 31.7 Å². The lowest BCUT2D eigenvalue weighted by Crippen LogP contribution is -2.09. The van der Waals surface area contributed by atoms with Crippen LogP contribution in [0.2, 0.25) is 10.0 Å². The highest BCUT2D eigenvalue weighted by atomic mass is 35.5. The van der Waals surface area contributed by atoms with Crippen molar-refractivity contribution < 1.29 is 4.74 Å². The summed E-state index contributed by atoms with van der Waals surface area (Å²) in [4.78, 5) is 8.20. The molecule has 0 saturated carbocycles. The van der Waals surface area contributed by atoms with Gasteiger partial charge in [0.05, 0.1) is 12.8 Å². The molecular weight excluding hydrogens is 347 g/mol. The number of nitrogens with zero attached hydrogens (tertiary/aromatic N) is 2. The van der Waals surface area contributed by atoms with E-state index in [1.165, 1.54) is 0 Å². The molecule has 5 nitrogen and oxygen atoms in total. The zero-order valence-electron chi connectivity index (χ0n) is 13.7. The number of nitrogens with one attached hydrogen (secondary N) is 1. The van der Waals surface area contributed by atoms with Crippen molar-refractivity contribution in [3.8, 4) is 5.75 Å². The molecule has 2 aromatic rings. The second-order valence-corrected chi connectivity index (χ2v) is 6.25. The molecule has 0 amide bonds. The third-order valence-corrected chi connectivity index (χ3v) is 4.05. The summed E-state index contributed by atoms with van der Waals surface area (Å²) in [5.74, 6) is 1.48. The van der Waals surface area contributed by atoms with Gasteiger partial charge in [0.2, 0.25) is 5.95 Å². The molecule has 7 heteroatoms. The van der Waals surface area contributed by atoms with Gasteiger partial charge in [-0.05, 0) is 37.0 Å². The van der Waals surface area contributed by atoms with Gasteiger partial charge in [-0.3, -0.25) is 0 Å². The van der Waals surface area contributed by atoms with Crippen LogP contribution in [-0.4, -0.2) is 23.1 Å². The first kappa shape index (κ1) is 18.6. The molecule has 0 saturated heterocycles. The van der Waals surface area contributed by atoms with Crippen molar-refractivity contribution in [2.45, 2.75) is 32.6 Å². The van der Waals surface area contributed by atoms with Gasteiger partial charge in [-0.1, -0.05) is 42.6 Å². The first-order chi connectivity index (χ1) is 11.6. The van der Waals surface area contributed by atoms with Crippen LogP contribution in [-0.2, 0) is 6.42 Å². The molecule has 130 valence electrons. The molecule has 1 aromatic heterocycles. The van der Waals surface area contributed by atoms with Crippen LogP contribution in [0.15, 0.2) is 24.4 Å². The van der Waals surface area contributed by atoms with Crippen molar-refractivity contribution in [2.24, 2.45) is 0 Å². The van der Waals surface area contributed by atoms with Gasteiger partial charge in [0.1, 0.15) is 0 Å². The summed E-state index contributed by atoms with van der Waals surface area (Å²) in [5, 5.41) is 4.56. The molecule has 24 heavy (non-hydrogen) atoms. The van der Waals surface area contributed by atoms with Crippen molar-refractivity contribution in [2.75, 3.05) is 24.2 Å². The SMILES string of the molecule is CCCCNc1nc(N)ncc1OCCCc1ccc(Cl)cc1Cl. The predicted octanol–water partition coefficient (Wildman–Crippen LogP) is 4.59. The summed E-state index contributed by atoms with van der Waals surface area (Å²) in [6.07, 6.45) is 5.39. The molecule has 0 radical (unpaired) electrons. The van der Waals surface area contributed by atoms with Crippen LogP contribution in [0.4, 0.5) is 11.8 Å². The summed E-state index contributed by atoms with van der Waals surface area (Å²) in [6, 6.07) is 5.53. The number of nitrogens with two attached hydrogens (primary N) is 1. The average molecular weight is 369 g/mol. The fourth-order valence-corrected chi connectivity index (χ4v) is 2.67. The van der Waals surface area contributed by atoms with Gasteiger partial charge < -0.3 is 15.8 Å². The highest BCUT2D eigenvalue weighted by molar-refractivity contribution is 6.35. The van der Waals surface area contributed by atoms with Crippen LogP contribution in [0.5, 0.6) is 5.75 Å². The topological polar surface area (TPSA) is 73.1 Å². The number of aryl methyl sites for hydroxylation is 1. The van der Waals surface area contributed by atoms with Crippen LogP contribution in [0.25, 0.3) is 0 Å². The fraction of sp³-hybridized carbons (Fsp3) is 0.412. The second-order valence-electron chi connectivity index (χ2n) is 5.41. The van der Waals surface area contributed by atoms with E-state index in [4.69, 9.17) is 33.7 Å². The minimum atomic E-state index is 0.231. The molecule has 0 bridgehead atoms. The lowest BCUT2D eigenvalue weighted by atomic mass is 10.1. The van der Waals surface area contributed by atoms with Crippen molar-refractivity contribution >= 4 is 35.0 Å². The second kappa shape index (κ2) is 9.55. The molecule has 3 N–H and O–H groups in total. The van der Waals surface area contributed by atoms with E-state index >= 15 is 0 Å². The number of aromatic nitrogens is 2. The third-order valence-electron chi connectivity index (χ3n) is 3.46. The Morgan fingerprint density at radius 3 is 2.83 bits per heavy atom. The van der Waals surface area contributed by atoms with E-state index in [-0.39, 0.29) is 5.95 Å². The number of hydrogen-bond donors (Lipinski definition) is 2. The first-order valence-corrected chi connectivity index (χ1v) is 8.79. The van der Waals surface area contributed by atoms with E-state index < -0.39 is 0 Å². The Morgan fingerprint density at radius 1 is 1.25 bits per heavy atom. The molecule has 0 unspecified atom stereocenters. The van der Waals surface area contributed by atoms with Crippen molar-refractivity contribution in [3.63, 3.8) is 0 Å². The van der Waals surface area contributed by atoms with Gasteiger partial charge in [-0.25, -0.2) is 4.98 Å². The maximum Gasteiger partial charge on any atom is 0.222 e. The molecule has 0 aliphatic rings. The number of unbranched alkanes of at least 4 members (excludes halogenated alkanes) is 1. The zero-order valence-corrected chi connectivity index (χ0v) is 15.2. The van der Waals surface area contributed by atoms with Crippen molar-refractivity contribution in [3.05, 3.63) is 40.0 Å². The number of halogens is 2. The summed E-state index contributed by atoms with van der Waals surface area (Å²) in [5.41, 5.74) is 6.70. The summed E-state index contributed by atoms with van der Waals surface area (Å²) in [7, 11) is 0. The minimum absolute atomic E-state index is 0.231. The normalized spacial score (nSPS) is 10.6.